The summed E-state index contributed by atoms with van der Waals surface area (Å²) in [6.45, 7) is 6.26. The van der Waals surface area contributed by atoms with Crippen molar-refractivity contribution in [2.24, 2.45) is 17.1 Å². The van der Waals surface area contributed by atoms with Gasteiger partial charge in [-0.15, -0.1) is 0 Å². The molecule has 3 aliphatic rings. The molecule has 3 N–H and O–H groups in total. The largest absolute Gasteiger partial charge is 0.384 e. The Labute approximate surface area is 274 Å². The Bertz CT molecular complexity index is 1770. The number of halogens is 2. The van der Waals surface area contributed by atoms with E-state index < -0.39 is 5.92 Å². The molecule has 8 heteroatoms. The molecule has 45 heavy (non-hydrogen) atoms. The van der Waals surface area contributed by atoms with Gasteiger partial charge >= 0.3 is 0 Å². The molecule has 6 rings (SSSR count). The Hall–Kier alpha value is -4.31. The number of rotatable bonds is 4. The van der Waals surface area contributed by atoms with Crippen LogP contribution in [0.5, 0.6) is 0 Å². The quantitative estimate of drug-likeness (QED) is 0.296. The van der Waals surface area contributed by atoms with Gasteiger partial charge in [-0.3, -0.25) is 14.5 Å². The van der Waals surface area contributed by atoms with Crippen LogP contribution >= 0.6 is 23.2 Å². The molecule has 0 saturated carbocycles. The van der Waals surface area contributed by atoms with Crippen LogP contribution in [-0.4, -0.2) is 11.6 Å². The first-order valence-electron chi connectivity index (χ1n) is 15.0. The number of nitrogens with zero attached hydrogens (tertiary/aromatic N) is 2. The number of hydrogen-bond acceptors (Lipinski definition) is 6. The molecular weight excluding hydrogens is 603 g/mol. The third-order valence-electron chi connectivity index (χ3n) is 8.16. The highest BCUT2D eigenvalue weighted by atomic mass is 35.5. The van der Waals surface area contributed by atoms with Gasteiger partial charge in [0.2, 0.25) is 0 Å². The van der Waals surface area contributed by atoms with E-state index in [9.17, 15) is 14.9 Å². The smallest absolute Gasteiger partial charge is 0.162 e. The van der Waals surface area contributed by atoms with E-state index in [1.807, 2.05) is 77.7 Å². The van der Waals surface area contributed by atoms with Crippen LogP contribution in [0.4, 0.5) is 11.4 Å². The monoisotopic (exact) mass is 638 g/mol. The minimum Gasteiger partial charge on any atom is -0.384 e. The zero-order valence-corrected chi connectivity index (χ0v) is 27.1. The standard InChI is InChI=1S/C24H22ClN3O.C13H14ClNO/c1-24(2)12-19-22(20(29)13-24)21(15-7-4-3-5-8-15)18(14-26)23(27)28(19)17-10-6-9-16(25)11-17;1-9-5-12(8-13(16)6-9)15-11-4-2-3-10(14)7-11/h3-11,21H,12-13,27H2,1-2H3;2-4,7-9,15H,5-6H2,1H3. The second-order valence-electron chi connectivity index (χ2n) is 12.7. The van der Waals surface area contributed by atoms with Crippen molar-refractivity contribution >= 4 is 46.1 Å². The predicted molar refractivity (Wildman–Crippen MR) is 182 cm³/mol. The SMILES string of the molecule is CC1(C)CC(=O)C2=C(C1)N(c1cccc(Cl)c1)C(N)=C(C#N)C2c1ccccc1.CC1CC(=O)C=C(Nc2cccc(Cl)c2)C1. The molecule has 1 aliphatic heterocycles. The molecule has 2 aliphatic carbocycles. The Morgan fingerprint density at radius 1 is 0.933 bits per heavy atom. The summed E-state index contributed by atoms with van der Waals surface area (Å²) in [6, 6.07) is 26.8. The molecule has 0 bridgehead atoms. The Morgan fingerprint density at radius 3 is 2.27 bits per heavy atom. The number of allylic oxidation sites excluding steroid dienone is 5. The first-order valence-corrected chi connectivity index (χ1v) is 15.7. The summed E-state index contributed by atoms with van der Waals surface area (Å²) in [6.07, 6.45) is 4.39. The van der Waals surface area contributed by atoms with Crippen LogP contribution in [0.3, 0.4) is 0 Å². The summed E-state index contributed by atoms with van der Waals surface area (Å²) in [4.78, 5) is 26.6. The first kappa shape index (κ1) is 32.1. The van der Waals surface area contributed by atoms with Crippen molar-refractivity contribution in [1.82, 2.24) is 0 Å². The van der Waals surface area contributed by atoms with Gasteiger partial charge in [-0.05, 0) is 66.1 Å². The summed E-state index contributed by atoms with van der Waals surface area (Å²) in [5.41, 5.74) is 11.9. The maximum absolute atomic E-state index is 13.4. The summed E-state index contributed by atoms with van der Waals surface area (Å²) in [7, 11) is 0. The van der Waals surface area contributed by atoms with Gasteiger partial charge in [0.25, 0.3) is 0 Å². The van der Waals surface area contributed by atoms with Gasteiger partial charge in [0.15, 0.2) is 11.6 Å². The fourth-order valence-electron chi connectivity index (χ4n) is 6.34. The lowest BCUT2D eigenvalue weighted by atomic mass is 9.68. The lowest BCUT2D eigenvalue weighted by Gasteiger charge is -2.43. The molecule has 230 valence electrons. The van der Waals surface area contributed by atoms with Gasteiger partial charge in [0.1, 0.15) is 5.82 Å². The van der Waals surface area contributed by atoms with E-state index in [1.54, 1.807) is 12.1 Å². The van der Waals surface area contributed by atoms with E-state index >= 15 is 0 Å². The topological polar surface area (TPSA) is 99.2 Å². The van der Waals surface area contributed by atoms with Crippen LogP contribution in [-0.2, 0) is 9.59 Å². The van der Waals surface area contributed by atoms with Gasteiger partial charge in [-0.2, -0.15) is 5.26 Å². The van der Waals surface area contributed by atoms with Crippen LogP contribution < -0.4 is 16.0 Å². The highest BCUT2D eigenvalue weighted by Crippen LogP contribution is 2.50. The summed E-state index contributed by atoms with van der Waals surface area (Å²) in [5, 5.41) is 14.5. The molecule has 3 aromatic carbocycles. The van der Waals surface area contributed by atoms with Gasteiger partial charge < -0.3 is 11.1 Å². The summed E-state index contributed by atoms with van der Waals surface area (Å²) < 4.78 is 0. The van der Waals surface area contributed by atoms with E-state index in [1.165, 1.54) is 0 Å². The molecule has 3 aromatic rings. The van der Waals surface area contributed by atoms with Crippen molar-refractivity contribution in [3.63, 3.8) is 0 Å². The molecule has 0 radical (unpaired) electrons. The van der Waals surface area contributed by atoms with Crippen molar-refractivity contribution in [2.45, 2.75) is 52.4 Å². The van der Waals surface area contributed by atoms with E-state index in [0.717, 1.165) is 34.8 Å². The number of nitriles is 1. The number of nitrogens with one attached hydrogen (secondary N) is 1. The molecule has 2 unspecified atom stereocenters. The van der Waals surface area contributed by atoms with Crippen molar-refractivity contribution in [2.75, 3.05) is 10.2 Å². The van der Waals surface area contributed by atoms with Crippen LogP contribution in [0.15, 0.2) is 113 Å². The number of nitrogens with two attached hydrogens (primary N) is 1. The van der Waals surface area contributed by atoms with Crippen LogP contribution in [0.2, 0.25) is 10.0 Å². The molecule has 6 nitrogen and oxygen atoms in total. The zero-order valence-electron chi connectivity index (χ0n) is 25.6. The molecule has 1 heterocycles. The number of carbonyl (C=O) groups excluding carboxylic acids is 2. The average molecular weight is 640 g/mol. The number of anilines is 2. The first-order chi connectivity index (χ1) is 21.5. The highest BCUT2D eigenvalue weighted by molar-refractivity contribution is 6.31. The molecular formula is C37H36Cl2N4O2. The lowest BCUT2D eigenvalue weighted by Crippen LogP contribution is -2.42. The van der Waals surface area contributed by atoms with Crippen LogP contribution in [0.25, 0.3) is 0 Å². The van der Waals surface area contributed by atoms with E-state index in [-0.39, 0.29) is 17.0 Å². The molecule has 0 spiro atoms. The van der Waals surface area contributed by atoms with Gasteiger partial charge in [-0.25, -0.2) is 0 Å². The highest BCUT2D eigenvalue weighted by Gasteiger charge is 2.44. The zero-order chi connectivity index (χ0) is 32.3. The van der Waals surface area contributed by atoms with Gasteiger partial charge in [-0.1, -0.05) is 86.4 Å². The number of carbonyl (C=O) groups is 2. The Balaban J connectivity index is 0.000000211. The fourth-order valence-corrected chi connectivity index (χ4v) is 6.71. The minimum atomic E-state index is -0.449. The number of ketones is 2. The maximum atomic E-state index is 13.4. The van der Waals surface area contributed by atoms with Gasteiger partial charge in [0.05, 0.1) is 17.6 Å². The van der Waals surface area contributed by atoms with Crippen LogP contribution in [0, 0.1) is 22.7 Å². The molecule has 0 fully saturated rings. The second-order valence-corrected chi connectivity index (χ2v) is 13.5. The van der Waals surface area contributed by atoms with Crippen LogP contribution in [0.1, 0.15) is 57.9 Å². The van der Waals surface area contributed by atoms with E-state index in [0.29, 0.717) is 52.2 Å². The molecule has 0 saturated heterocycles. The third kappa shape index (κ3) is 7.33. The Kier molecular flexibility index (Phi) is 9.53. The maximum Gasteiger partial charge on any atom is 0.162 e. The molecule has 0 aromatic heterocycles. The van der Waals surface area contributed by atoms with Crippen molar-refractivity contribution in [1.29, 1.82) is 5.26 Å². The summed E-state index contributed by atoms with van der Waals surface area (Å²) in [5.74, 6) is 0.586. The van der Waals surface area contributed by atoms with Crippen molar-refractivity contribution in [3.05, 3.63) is 129 Å². The fraction of sp³-hybridized carbons (Fsp3) is 0.270. The van der Waals surface area contributed by atoms with Crippen molar-refractivity contribution < 1.29 is 9.59 Å². The van der Waals surface area contributed by atoms with Crippen molar-refractivity contribution in [3.8, 4) is 6.07 Å². The normalized spacial score (nSPS) is 20.9. The van der Waals surface area contributed by atoms with E-state index in [4.69, 9.17) is 28.9 Å². The second kappa shape index (κ2) is 13.4. The number of benzene rings is 3. The number of Topliss-reactive ketones (excluding diaryl/α,β-unsaturated/α-hetero) is 1. The van der Waals surface area contributed by atoms with E-state index in [2.05, 4.69) is 32.2 Å². The molecule has 0 amide bonds. The minimum absolute atomic E-state index is 0.0670. The average Bonchev–Trinajstić information content (AvgIpc) is 2.96. The molecule has 2 atom stereocenters. The number of hydrogen-bond donors (Lipinski definition) is 2. The van der Waals surface area contributed by atoms with Gasteiger partial charge in [0, 0.05) is 57.3 Å². The lowest BCUT2D eigenvalue weighted by molar-refractivity contribution is -0.118. The third-order valence-corrected chi connectivity index (χ3v) is 8.63. The predicted octanol–water partition coefficient (Wildman–Crippen LogP) is 8.92. The Morgan fingerprint density at radius 2 is 1.62 bits per heavy atom. The summed E-state index contributed by atoms with van der Waals surface area (Å²) >= 11 is 12.1.